The lowest BCUT2D eigenvalue weighted by molar-refractivity contribution is -0.124. The Morgan fingerprint density at radius 2 is 1.87 bits per heavy atom. The predicted molar refractivity (Wildman–Crippen MR) is 120 cm³/mol. The SMILES string of the molecule is CCC(C)(C)NC(=O)C(c1cccc(C)c1)N(C(=O)c1csnn1)c1ccccc1. The fraction of sp³-hybridized carbons (Fsp3) is 0.304. The maximum absolute atomic E-state index is 13.6. The fourth-order valence-corrected chi connectivity index (χ4v) is 3.53. The monoisotopic (exact) mass is 422 g/mol. The fourth-order valence-electron chi connectivity index (χ4n) is 3.10. The van der Waals surface area contributed by atoms with Crippen LogP contribution in [0.4, 0.5) is 5.69 Å². The van der Waals surface area contributed by atoms with Crippen LogP contribution in [0.2, 0.25) is 0 Å². The van der Waals surface area contributed by atoms with Gasteiger partial charge < -0.3 is 5.32 Å². The maximum Gasteiger partial charge on any atom is 0.280 e. The van der Waals surface area contributed by atoms with Gasteiger partial charge in [-0.2, -0.15) is 0 Å². The summed E-state index contributed by atoms with van der Waals surface area (Å²) in [6.45, 7) is 7.92. The Kier molecular flexibility index (Phi) is 6.62. The molecule has 2 amide bonds. The van der Waals surface area contributed by atoms with E-state index < -0.39 is 11.6 Å². The van der Waals surface area contributed by atoms with Crippen LogP contribution in [0.1, 0.15) is 54.8 Å². The number of anilines is 1. The Balaban J connectivity index is 2.15. The van der Waals surface area contributed by atoms with Crippen molar-refractivity contribution in [1.29, 1.82) is 0 Å². The van der Waals surface area contributed by atoms with E-state index >= 15 is 0 Å². The molecule has 0 bridgehead atoms. The van der Waals surface area contributed by atoms with E-state index in [4.69, 9.17) is 0 Å². The summed E-state index contributed by atoms with van der Waals surface area (Å²) in [6.07, 6.45) is 0.758. The summed E-state index contributed by atoms with van der Waals surface area (Å²) < 4.78 is 3.83. The van der Waals surface area contributed by atoms with E-state index in [1.54, 1.807) is 5.38 Å². The smallest absolute Gasteiger partial charge is 0.280 e. The number of nitrogens with zero attached hydrogens (tertiary/aromatic N) is 3. The molecule has 0 aliphatic rings. The van der Waals surface area contributed by atoms with E-state index in [1.165, 1.54) is 4.90 Å². The minimum Gasteiger partial charge on any atom is -0.349 e. The van der Waals surface area contributed by atoms with Gasteiger partial charge in [0, 0.05) is 16.6 Å². The van der Waals surface area contributed by atoms with Crippen molar-refractivity contribution in [3.63, 3.8) is 0 Å². The predicted octanol–water partition coefficient (Wildman–Crippen LogP) is 4.54. The Morgan fingerprint density at radius 1 is 1.13 bits per heavy atom. The maximum atomic E-state index is 13.6. The first-order valence-electron chi connectivity index (χ1n) is 9.86. The molecule has 1 unspecified atom stereocenters. The molecule has 0 aliphatic carbocycles. The molecule has 6 nitrogen and oxygen atoms in total. The summed E-state index contributed by atoms with van der Waals surface area (Å²) in [4.78, 5) is 28.6. The van der Waals surface area contributed by atoms with Gasteiger partial charge in [-0.1, -0.05) is 59.4 Å². The number of aryl methyl sites for hydroxylation is 1. The Morgan fingerprint density at radius 3 is 2.47 bits per heavy atom. The molecular formula is C23H26N4O2S. The number of amides is 2. The van der Waals surface area contributed by atoms with E-state index in [-0.39, 0.29) is 17.5 Å². The second kappa shape index (κ2) is 9.17. The molecule has 3 aromatic rings. The van der Waals surface area contributed by atoms with E-state index in [9.17, 15) is 9.59 Å². The number of benzene rings is 2. The van der Waals surface area contributed by atoms with E-state index in [0.29, 0.717) is 5.69 Å². The number of rotatable bonds is 7. The molecular weight excluding hydrogens is 396 g/mol. The summed E-state index contributed by atoms with van der Waals surface area (Å²) >= 11 is 1.10. The number of para-hydroxylation sites is 1. The molecule has 1 N–H and O–H groups in total. The zero-order chi connectivity index (χ0) is 21.7. The first-order chi connectivity index (χ1) is 14.3. The van der Waals surface area contributed by atoms with Crippen LogP contribution in [0.25, 0.3) is 0 Å². The molecule has 1 atom stereocenters. The number of carbonyl (C=O) groups excluding carboxylic acids is 2. The molecule has 0 spiro atoms. The lowest BCUT2D eigenvalue weighted by Crippen LogP contribution is -2.50. The topological polar surface area (TPSA) is 75.2 Å². The standard InChI is InChI=1S/C23H26N4O2S/c1-5-23(3,4)24-21(28)20(17-11-9-10-16(2)14-17)27(18-12-7-6-8-13-18)22(29)19-15-30-26-25-19/h6-15,20H,5H2,1-4H3,(H,24,28). The highest BCUT2D eigenvalue weighted by molar-refractivity contribution is 7.03. The third-order valence-corrected chi connectivity index (χ3v) is 5.55. The zero-order valence-electron chi connectivity index (χ0n) is 17.6. The average molecular weight is 423 g/mol. The minimum atomic E-state index is -0.854. The van der Waals surface area contributed by atoms with Crippen LogP contribution in [0, 0.1) is 6.92 Å². The van der Waals surface area contributed by atoms with Gasteiger partial charge >= 0.3 is 0 Å². The summed E-state index contributed by atoms with van der Waals surface area (Å²) in [5.74, 6) is -0.612. The number of aromatic nitrogens is 2. The van der Waals surface area contributed by atoms with Crippen LogP contribution in [-0.4, -0.2) is 26.9 Å². The van der Waals surface area contributed by atoms with Crippen molar-refractivity contribution in [2.24, 2.45) is 0 Å². The van der Waals surface area contributed by atoms with Crippen LogP contribution < -0.4 is 10.2 Å². The Labute approximate surface area is 181 Å². The lowest BCUT2D eigenvalue weighted by Gasteiger charge is -2.34. The molecule has 0 saturated carbocycles. The zero-order valence-corrected chi connectivity index (χ0v) is 18.4. The van der Waals surface area contributed by atoms with Gasteiger partial charge in [0.1, 0.15) is 6.04 Å². The van der Waals surface area contributed by atoms with E-state index in [1.807, 2.05) is 82.3 Å². The molecule has 2 aromatic carbocycles. The third-order valence-electron chi connectivity index (χ3n) is 5.04. The summed E-state index contributed by atoms with van der Waals surface area (Å²) in [5, 5.41) is 8.66. The van der Waals surface area contributed by atoms with Crippen molar-refractivity contribution < 1.29 is 9.59 Å². The molecule has 1 heterocycles. The van der Waals surface area contributed by atoms with Gasteiger partial charge in [0.25, 0.3) is 5.91 Å². The van der Waals surface area contributed by atoms with Crippen molar-refractivity contribution in [2.45, 2.75) is 45.7 Å². The Hall–Kier alpha value is -3.06. The molecule has 0 aliphatic heterocycles. The highest BCUT2D eigenvalue weighted by Gasteiger charge is 2.36. The van der Waals surface area contributed by atoms with Crippen LogP contribution in [-0.2, 0) is 4.79 Å². The van der Waals surface area contributed by atoms with Crippen LogP contribution >= 0.6 is 11.5 Å². The molecule has 30 heavy (non-hydrogen) atoms. The van der Waals surface area contributed by atoms with Crippen LogP contribution in [0.3, 0.4) is 0 Å². The molecule has 3 rings (SSSR count). The average Bonchev–Trinajstić information content (AvgIpc) is 3.26. The van der Waals surface area contributed by atoms with Gasteiger partial charge in [0.15, 0.2) is 5.69 Å². The second-order valence-corrected chi connectivity index (χ2v) is 8.45. The molecule has 156 valence electrons. The van der Waals surface area contributed by atoms with Crippen LogP contribution in [0.5, 0.6) is 0 Å². The largest absolute Gasteiger partial charge is 0.349 e. The summed E-state index contributed by atoms with van der Waals surface area (Å²) in [7, 11) is 0. The van der Waals surface area contributed by atoms with Gasteiger partial charge in [0.05, 0.1) is 0 Å². The van der Waals surface area contributed by atoms with Crippen molar-refractivity contribution in [1.82, 2.24) is 14.9 Å². The van der Waals surface area contributed by atoms with Crippen molar-refractivity contribution in [2.75, 3.05) is 4.90 Å². The molecule has 0 radical (unpaired) electrons. The second-order valence-electron chi connectivity index (χ2n) is 7.84. The van der Waals surface area contributed by atoms with Gasteiger partial charge in [-0.15, -0.1) is 5.10 Å². The highest BCUT2D eigenvalue weighted by Crippen LogP contribution is 2.30. The van der Waals surface area contributed by atoms with Crippen molar-refractivity contribution in [3.05, 3.63) is 76.8 Å². The molecule has 0 fully saturated rings. The third kappa shape index (κ3) is 4.91. The van der Waals surface area contributed by atoms with Crippen LogP contribution in [0.15, 0.2) is 60.0 Å². The molecule has 7 heteroatoms. The number of hydrogen-bond donors (Lipinski definition) is 1. The molecule has 0 saturated heterocycles. The normalized spacial score (nSPS) is 12.3. The first kappa shape index (κ1) is 21.6. The number of hydrogen-bond acceptors (Lipinski definition) is 5. The van der Waals surface area contributed by atoms with Gasteiger partial charge in [-0.3, -0.25) is 14.5 Å². The summed E-state index contributed by atoms with van der Waals surface area (Å²) in [6, 6.07) is 16.0. The van der Waals surface area contributed by atoms with Gasteiger partial charge in [0.2, 0.25) is 5.91 Å². The molecule has 1 aromatic heterocycles. The number of carbonyl (C=O) groups is 2. The van der Waals surface area contributed by atoms with Crippen molar-refractivity contribution >= 4 is 29.0 Å². The minimum absolute atomic E-state index is 0.212. The first-order valence-corrected chi connectivity index (χ1v) is 10.7. The van der Waals surface area contributed by atoms with E-state index in [0.717, 1.165) is 29.1 Å². The van der Waals surface area contributed by atoms with E-state index in [2.05, 4.69) is 14.9 Å². The Bertz CT molecular complexity index is 1000. The quantitative estimate of drug-likeness (QED) is 0.607. The van der Waals surface area contributed by atoms with Gasteiger partial charge in [-0.05, 0) is 56.4 Å². The van der Waals surface area contributed by atoms with Gasteiger partial charge in [-0.25, -0.2) is 0 Å². The lowest BCUT2D eigenvalue weighted by atomic mass is 9.97. The summed E-state index contributed by atoms with van der Waals surface area (Å²) in [5.41, 5.74) is 2.17. The highest BCUT2D eigenvalue weighted by atomic mass is 32.1. The number of nitrogens with one attached hydrogen (secondary N) is 1. The van der Waals surface area contributed by atoms with Crippen molar-refractivity contribution in [3.8, 4) is 0 Å².